The van der Waals surface area contributed by atoms with E-state index in [0.717, 1.165) is 11.1 Å². The number of rotatable bonds is 4. The van der Waals surface area contributed by atoms with E-state index in [9.17, 15) is 4.79 Å². The summed E-state index contributed by atoms with van der Waals surface area (Å²) in [5.74, 6) is -1.11. The van der Waals surface area contributed by atoms with Crippen LogP contribution in [0.3, 0.4) is 0 Å². The van der Waals surface area contributed by atoms with Crippen LogP contribution in [0.15, 0.2) is 48.5 Å². The van der Waals surface area contributed by atoms with Gasteiger partial charge in [-0.05, 0) is 18.1 Å². The van der Waals surface area contributed by atoms with Crippen LogP contribution in [0, 0.1) is 6.92 Å². The fraction of sp³-hybridized carbons (Fsp3) is 0.125. The van der Waals surface area contributed by atoms with E-state index >= 15 is 0 Å². The number of benzene rings is 2. The van der Waals surface area contributed by atoms with Crippen molar-refractivity contribution in [3.8, 4) is 0 Å². The lowest BCUT2D eigenvalue weighted by Gasteiger charge is -2.17. The number of para-hydroxylation sites is 1. The number of anilines is 1. The minimum Gasteiger partial charge on any atom is -0.398 e. The van der Waals surface area contributed by atoms with Gasteiger partial charge in [-0.15, -0.1) is 0 Å². The molecule has 0 aliphatic rings. The third-order valence-electron chi connectivity index (χ3n) is 3.27. The van der Waals surface area contributed by atoms with Gasteiger partial charge in [0.05, 0.1) is 5.92 Å². The lowest BCUT2D eigenvalue weighted by molar-refractivity contribution is -0.118. The maximum Gasteiger partial charge on any atom is 0.230 e. The summed E-state index contributed by atoms with van der Waals surface area (Å²) >= 11 is 5.47. The highest BCUT2D eigenvalue weighted by Crippen LogP contribution is 2.26. The minimum atomic E-state index is -0.643. The Labute approximate surface area is 123 Å². The number of hydrogen-bond donors (Lipinski definition) is 2. The third kappa shape index (κ3) is 2.70. The SMILES string of the molecule is Cc1cccc(C(=S)C(C(N)=O)c2ccccc2)c1N. The first-order chi connectivity index (χ1) is 9.52. The molecule has 1 atom stereocenters. The molecule has 0 bridgehead atoms. The van der Waals surface area contributed by atoms with Gasteiger partial charge >= 0.3 is 0 Å². The fourth-order valence-electron chi connectivity index (χ4n) is 2.14. The molecule has 0 aliphatic carbocycles. The van der Waals surface area contributed by atoms with E-state index in [4.69, 9.17) is 23.7 Å². The number of amides is 1. The summed E-state index contributed by atoms with van der Waals surface area (Å²) in [7, 11) is 0. The molecule has 0 saturated heterocycles. The Morgan fingerprint density at radius 2 is 1.75 bits per heavy atom. The molecule has 2 aromatic rings. The van der Waals surface area contributed by atoms with Gasteiger partial charge in [0.15, 0.2) is 0 Å². The lowest BCUT2D eigenvalue weighted by atomic mass is 9.90. The number of primary amides is 1. The van der Waals surface area contributed by atoms with Gasteiger partial charge in [0, 0.05) is 16.1 Å². The highest BCUT2D eigenvalue weighted by molar-refractivity contribution is 7.81. The second kappa shape index (κ2) is 5.84. The van der Waals surface area contributed by atoms with Crippen molar-refractivity contribution in [1.29, 1.82) is 0 Å². The van der Waals surface area contributed by atoms with Crippen LogP contribution >= 0.6 is 12.2 Å². The van der Waals surface area contributed by atoms with Crippen LogP contribution in [-0.2, 0) is 4.79 Å². The molecule has 0 spiro atoms. The Morgan fingerprint density at radius 1 is 1.10 bits per heavy atom. The zero-order chi connectivity index (χ0) is 14.7. The summed E-state index contributed by atoms with van der Waals surface area (Å²) in [5.41, 5.74) is 14.6. The van der Waals surface area contributed by atoms with Gasteiger partial charge in [-0.2, -0.15) is 0 Å². The molecule has 3 nitrogen and oxygen atoms in total. The Morgan fingerprint density at radius 3 is 2.35 bits per heavy atom. The zero-order valence-electron chi connectivity index (χ0n) is 11.2. The summed E-state index contributed by atoms with van der Waals surface area (Å²) in [6, 6.07) is 14.9. The van der Waals surface area contributed by atoms with Crippen molar-refractivity contribution in [2.24, 2.45) is 5.73 Å². The Kier molecular flexibility index (Phi) is 4.15. The number of carbonyl (C=O) groups is 1. The van der Waals surface area contributed by atoms with E-state index in [2.05, 4.69) is 0 Å². The second-order valence-corrected chi connectivity index (χ2v) is 5.09. The molecule has 102 valence electrons. The normalized spacial score (nSPS) is 11.8. The number of nitrogens with two attached hydrogens (primary N) is 2. The van der Waals surface area contributed by atoms with Gasteiger partial charge in [-0.25, -0.2) is 0 Å². The van der Waals surface area contributed by atoms with Crippen LogP contribution in [-0.4, -0.2) is 10.8 Å². The van der Waals surface area contributed by atoms with Crippen molar-refractivity contribution < 1.29 is 4.79 Å². The molecule has 4 heteroatoms. The van der Waals surface area contributed by atoms with Crippen LogP contribution in [0.5, 0.6) is 0 Å². The molecule has 2 rings (SSSR count). The zero-order valence-corrected chi connectivity index (χ0v) is 12.0. The summed E-state index contributed by atoms with van der Waals surface area (Å²) in [4.78, 5) is 12.3. The quantitative estimate of drug-likeness (QED) is 0.515. The molecule has 0 aliphatic heterocycles. The average molecular weight is 284 g/mol. The molecule has 0 heterocycles. The van der Waals surface area contributed by atoms with Crippen LogP contribution < -0.4 is 11.5 Å². The molecule has 2 aromatic carbocycles. The molecule has 0 fully saturated rings. The first-order valence-corrected chi connectivity index (χ1v) is 6.66. The summed E-state index contributed by atoms with van der Waals surface area (Å²) in [5, 5.41) is 0. The van der Waals surface area contributed by atoms with Crippen molar-refractivity contribution in [2.45, 2.75) is 12.8 Å². The summed E-state index contributed by atoms with van der Waals surface area (Å²) in [6.07, 6.45) is 0. The van der Waals surface area contributed by atoms with Crippen molar-refractivity contribution in [3.63, 3.8) is 0 Å². The van der Waals surface area contributed by atoms with Gasteiger partial charge in [0.2, 0.25) is 5.91 Å². The maximum absolute atomic E-state index is 11.8. The molecule has 0 radical (unpaired) electrons. The van der Waals surface area contributed by atoms with Gasteiger partial charge in [-0.1, -0.05) is 60.7 Å². The fourth-order valence-corrected chi connectivity index (χ4v) is 2.57. The molecule has 1 amide bonds. The van der Waals surface area contributed by atoms with Crippen molar-refractivity contribution in [1.82, 2.24) is 0 Å². The molecule has 0 aromatic heterocycles. The molecular weight excluding hydrogens is 268 g/mol. The monoisotopic (exact) mass is 284 g/mol. The first-order valence-electron chi connectivity index (χ1n) is 6.26. The third-order valence-corrected chi connectivity index (χ3v) is 3.72. The number of carbonyl (C=O) groups excluding carboxylic acids is 1. The number of nitrogen functional groups attached to an aromatic ring is 1. The smallest absolute Gasteiger partial charge is 0.230 e. The summed E-state index contributed by atoms with van der Waals surface area (Å²) < 4.78 is 0. The van der Waals surface area contributed by atoms with E-state index in [-0.39, 0.29) is 0 Å². The Bertz CT molecular complexity index is 653. The predicted octanol–water partition coefficient (Wildman–Crippen LogP) is 2.56. The largest absolute Gasteiger partial charge is 0.398 e. The molecule has 0 saturated carbocycles. The lowest BCUT2D eigenvalue weighted by Crippen LogP contribution is -2.28. The molecule has 4 N–H and O–H groups in total. The predicted molar refractivity (Wildman–Crippen MR) is 85.7 cm³/mol. The van der Waals surface area contributed by atoms with E-state index in [1.807, 2.05) is 55.5 Å². The van der Waals surface area contributed by atoms with Crippen LogP contribution in [0.25, 0.3) is 0 Å². The highest BCUT2D eigenvalue weighted by atomic mass is 32.1. The number of thiocarbonyl (C=S) groups is 1. The Balaban J connectivity index is 2.48. The highest BCUT2D eigenvalue weighted by Gasteiger charge is 2.25. The van der Waals surface area contributed by atoms with E-state index < -0.39 is 11.8 Å². The first kappa shape index (κ1) is 14.2. The van der Waals surface area contributed by atoms with Crippen molar-refractivity contribution >= 4 is 28.7 Å². The van der Waals surface area contributed by atoms with Crippen LogP contribution in [0.1, 0.15) is 22.6 Å². The van der Waals surface area contributed by atoms with E-state index in [1.165, 1.54) is 0 Å². The second-order valence-electron chi connectivity index (χ2n) is 4.65. The standard InChI is InChI=1S/C16H16N2OS/c1-10-6-5-9-12(14(10)17)15(20)13(16(18)19)11-7-3-2-4-8-11/h2-9,13H,17H2,1H3,(H2,18,19). The van der Waals surface area contributed by atoms with Gasteiger partial charge in [-0.3, -0.25) is 4.79 Å². The average Bonchev–Trinajstić information content (AvgIpc) is 2.42. The van der Waals surface area contributed by atoms with Crippen LogP contribution in [0.4, 0.5) is 5.69 Å². The van der Waals surface area contributed by atoms with Crippen LogP contribution in [0.2, 0.25) is 0 Å². The topological polar surface area (TPSA) is 69.1 Å². The van der Waals surface area contributed by atoms with Crippen molar-refractivity contribution in [2.75, 3.05) is 5.73 Å². The molecular formula is C16H16N2OS. The van der Waals surface area contributed by atoms with Gasteiger partial charge in [0.25, 0.3) is 0 Å². The van der Waals surface area contributed by atoms with E-state index in [0.29, 0.717) is 16.1 Å². The Hall–Kier alpha value is -2.20. The summed E-state index contributed by atoms with van der Waals surface area (Å²) in [6.45, 7) is 1.91. The van der Waals surface area contributed by atoms with Gasteiger partial charge in [0.1, 0.15) is 0 Å². The van der Waals surface area contributed by atoms with Crippen molar-refractivity contribution in [3.05, 3.63) is 65.2 Å². The molecule has 20 heavy (non-hydrogen) atoms. The minimum absolute atomic E-state index is 0.463. The number of aryl methyl sites for hydroxylation is 1. The number of hydrogen-bond acceptors (Lipinski definition) is 3. The maximum atomic E-state index is 11.8. The van der Waals surface area contributed by atoms with E-state index in [1.54, 1.807) is 0 Å². The van der Waals surface area contributed by atoms with Gasteiger partial charge < -0.3 is 11.5 Å². The molecule has 1 unspecified atom stereocenters.